The third kappa shape index (κ3) is 4.28. The molecule has 3 nitrogen and oxygen atoms in total. The molecule has 6 heteroatoms. The van der Waals surface area contributed by atoms with Crippen LogP contribution >= 0.6 is 34.0 Å². The van der Waals surface area contributed by atoms with Crippen molar-refractivity contribution in [2.45, 2.75) is 0 Å². The minimum absolute atomic E-state index is 0.650. The van der Waals surface area contributed by atoms with Gasteiger partial charge in [-0.05, 0) is 84.9 Å². The number of benzene rings is 7. The topological polar surface area (TPSA) is 29.3 Å². The lowest BCUT2D eigenvalue weighted by molar-refractivity contribution is 0.620. The molecule has 0 amide bonds. The summed E-state index contributed by atoms with van der Waals surface area (Å²) in [6.45, 7) is 0. The third-order valence-corrected chi connectivity index (χ3v) is 12.9. The highest BCUT2D eigenvalue weighted by Crippen LogP contribution is 2.45. The van der Waals surface area contributed by atoms with Crippen molar-refractivity contribution in [2.24, 2.45) is 0 Å². The zero-order chi connectivity index (χ0) is 32.1. The van der Waals surface area contributed by atoms with Gasteiger partial charge < -0.3 is 9.32 Å². The van der Waals surface area contributed by atoms with Crippen molar-refractivity contribution >= 4 is 123 Å². The standard InChI is InChI=1S/C43H24N2OS3/c1-2-8-25(9-3-1)43-44-35-24-42-34(23-36(35)46-43)33-21-27(16-19-40(33)49-42)45(26-15-18-39-32(20-26)30-11-5-7-13-38(30)47-39)28-14-17-31-29-10-4-6-12-37(29)48-41(31)22-28/h1-24H. The molecule has 7 aromatic carbocycles. The van der Waals surface area contributed by atoms with Crippen LogP contribution in [-0.4, -0.2) is 4.98 Å². The molecule has 4 aromatic heterocycles. The van der Waals surface area contributed by atoms with E-state index in [0.717, 1.165) is 33.7 Å². The van der Waals surface area contributed by atoms with Gasteiger partial charge in [-0.25, -0.2) is 4.98 Å². The highest BCUT2D eigenvalue weighted by atomic mass is 32.1. The number of hydrogen-bond acceptors (Lipinski definition) is 6. The van der Waals surface area contributed by atoms with Gasteiger partial charge in [-0.15, -0.1) is 34.0 Å². The summed E-state index contributed by atoms with van der Waals surface area (Å²) in [6.07, 6.45) is 0. The predicted octanol–water partition coefficient (Wildman–Crippen LogP) is 14.1. The lowest BCUT2D eigenvalue weighted by Gasteiger charge is -2.26. The van der Waals surface area contributed by atoms with Crippen LogP contribution in [0.25, 0.3) is 83.1 Å². The molecule has 0 fully saturated rings. The summed E-state index contributed by atoms with van der Waals surface area (Å²) < 4.78 is 14.0. The Balaban J connectivity index is 1.12. The van der Waals surface area contributed by atoms with Gasteiger partial charge in [-0.1, -0.05) is 60.7 Å². The van der Waals surface area contributed by atoms with Crippen LogP contribution in [0.5, 0.6) is 0 Å². The summed E-state index contributed by atoms with van der Waals surface area (Å²) in [5.74, 6) is 0.650. The van der Waals surface area contributed by atoms with E-state index in [1.807, 2.05) is 53.0 Å². The van der Waals surface area contributed by atoms with E-state index in [1.54, 1.807) is 11.3 Å². The molecule has 11 aromatic rings. The molecule has 11 rings (SSSR count). The molecule has 0 aliphatic carbocycles. The Hall–Kier alpha value is -5.53. The number of fused-ring (bicyclic) bond motifs is 10. The fraction of sp³-hybridized carbons (Fsp3) is 0. The van der Waals surface area contributed by atoms with E-state index in [1.165, 1.54) is 60.5 Å². The second kappa shape index (κ2) is 10.5. The molecule has 0 aliphatic heterocycles. The maximum atomic E-state index is 6.32. The number of nitrogens with zero attached hydrogens (tertiary/aromatic N) is 2. The largest absolute Gasteiger partial charge is 0.436 e. The Morgan fingerprint density at radius 3 is 1.65 bits per heavy atom. The molecule has 0 bridgehead atoms. The number of aromatic nitrogens is 1. The first-order valence-electron chi connectivity index (χ1n) is 16.2. The van der Waals surface area contributed by atoms with Gasteiger partial charge in [0.05, 0.1) is 0 Å². The van der Waals surface area contributed by atoms with Gasteiger partial charge in [0.1, 0.15) is 5.52 Å². The van der Waals surface area contributed by atoms with E-state index < -0.39 is 0 Å². The molecule has 4 heterocycles. The second-order valence-electron chi connectivity index (χ2n) is 12.4. The van der Waals surface area contributed by atoms with Gasteiger partial charge in [-0.3, -0.25) is 0 Å². The van der Waals surface area contributed by atoms with Crippen molar-refractivity contribution in [1.29, 1.82) is 0 Å². The van der Waals surface area contributed by atoms with Crippen molar-refractivity contribution in [3.8, 4) is 11.5 Å². The maximum absolute atomic E-state index is 6.32. The Kier molecular flexibility index (Phi) is 5.87. The van der Waals surface area contributed by atoms with E-state index in [0.29, 0.717) is 5.89 Å². The highest BCUT2D eigenvalue weighted by Gasteiger charge is 2.19. The zero-order valence-corrected chi connectivity index (χ0v) is 28.3. The zero-order valence-electron chi connectivity index (χ0n) is 25.9. The van der Waals surface area contributed by atoms with E-state index in [-0.39, 0.29) is 0 Å². The summed E-state index contributed by atoms with van der Waals surface area (Å²) in [6, 6.07) is 52.6. The van der Waals surface area contributed by atoms with E-state index in [2.05, 4.69) is 120 Å². The second-order valence-corrected chi connectivity index (χ2v) is 15.6. The molecule has 0 radical (unpaired) electrons. The van der Waals surface area contributed by atoms with Gasteiger partial charge in [0.15, 0.2) is 5.58 Å². The predicted molar refractivity (Wildman–Crippen MR) is 213 cm³/mol. The molecule has 0 spiro atoms. The summed E-state index contributed by atoms with van der Waals surface area (Å²) in [4.78, 5) is 7.26. The fourth-order valence-corrected chi connectivity index (χ4v) is 10.5. The van der Waals surface area contributed by atoms with E-state index >= 15 is 0 Å². The molecule has 0 aliphatic rings. The third-order valence-electron chi connectivity index (χ3n) is 9.48. The van der Waals surface area contributed by atoms with Crippen LogP contribution in [0.15, 0.2) is 150 Å². The molecule has 0 N–H and O–H groups in total. The van der Waals surface area contributed by atoms with E-state index in [9.17, 15) is 0 Å². The number of anilines is 3. The van der Waals surface area contributed by atoms with Crippen LogP contribution in [0.1, 0.15) is 0 Å². The molecule has 0 atom stereocenters. The smallest absolute Gasteiger partial charge is 0.227 e. The van der Waals surface area contributed by atoms with Crippen molar-refractivity contribution in [2.75, 3.05) is 4.90 Å². The van der Waals surface area contributed by atoms with Crippen LogP contribution in [0, 0.1) is 0 Å². The average Bonchev–Trinajstić information content (AvgIpc) is 3.92. The summed E-state index contributed by atoms with van der Waals surface area (Å²) in [7, 11) is 0. The monoisotopic (exact) mass is 680 g/mol. The number of hydrogen-bond donors (Lipinski definition) is 0. The number of oxazole rings is 1. The highest BCUT2D eigenvalue weighted by molar-refractivity contribution is 7.26. The van der Waals surface area contributed by atoms with Crippen LogP contribution in [0.3, 0.4) is 0 Å². The summed E-state index contributed by atoms with van der Waals surface area (Å²) in [5, 5.41) is 7.60. The quantitative estimate of drug-likeness (QED) is 0.185. The maximum Gasteiger partial charge on any atom is 0.227 e. The molecular formula is C43H24N2OS3. The molecule has 49 heavy (non-hydrogen) atoms. The number of thiophene rings is 3. The van der Waals surface area contributed by atoms with Crippen molar-refractivity contribution in [1.82, 2.24) is 4.98 Å². The van der Waals surface area contributed by atoms with Crippen LogP contribution in [0.4, 0.5) is 17.1 Å². The summed E-state index contributed by atoms with van der Waals surface area (Å²) in [5.41, 5.74) is 6.07. The first-order chi connectivity index (χ1) is 24.2. The Morgan fingerprint density at radius 2 is 0.918 bits per heavy atom. The molecular weight excluding hydrogens is 657 g/mol. The van der Waals surface area contributed by atoms with Gasteiger partial charge in [0.2, 0.25) is 5.89 Å². The lowest BCUT2D eigenvalue weighted by atomic mass is 10.1. The van der Waals surface area contributed by atoms with Crippen LogP contribution in [0.2, 0.25) is 0 Å². The SMILES string of the molecule is c1ccc(-c2nc3cc4sc5ccc(N(c6ccc7c(c6)sc6ccccc67)c6ccc7sc8ccccc8c7c6)cc5c4cc3o2)cc1. The Labute approximate surface area is 292 Å². The van der Waals surface area contributed by atoms with Crippen LogP contribution in [-0.2, 0) is 0 Å². The molecule has 0 saturated carbocycles. The number of rotatable bonds is 4. The van der Waals surface area contributed by atoms with Gasteiger partial charge >= 0.3 is 0 Å². The fourth-order valence-electron chi connectivity index (χ4n) is 7.18. The van der Waals surface area contributed by atoms with Gasteiger partial charge in [0, 0.05) is 83.1 Å². The Morgan fingerprint density at radius 1 is 0.408 bits per heavy atom. The van der Waals surface area contributed by atoms with Crippen molar-refractivity contribution < 1.29 is 4.42 Å². The minimum Gasteiger partial charge on any atom is -0.436 e. The van der Waals surface area contributed by atoms with Crippen LogP contribution < -0.4 is 4.90 Å². The van der Waals surface area contributed by atoms with E-state index in [4.69, 9.17) is 9.40 Å². The Bertz CT molecular complexity index is 3070. The summed E-state index contributed by atoms with van der Waals surface area (Å²) >= 11 is 5.52. The van der Waals surface area contributed by atoms with Crippen molar-refractivity contribution in [3.63, 3.8) is 0 Å². The van der Waals surface area contributed by atoms with Crippen molar-refractivity contribution in [3.05, 3.63) is 146 Å². The molecule has 0 saturated heterocycles. The first-order valence-corrected chi connectivity index (χ1v) is 18.6. The van der Waals surface area contributed by atoms with Gasteiger partial charge in [-0.2, -0.15) is 0 Å². The van der Waals surface area contributed by atoms with Gasteiger partial charge in [0.25, 0.3) is 0 Å². The first kappa shape index (κ1) is 27.4. The molecule has 0 unspecified atom stereocenters. The average molecular weight is 681 g/mol. The normalized spacial score (nSPS) is 12.1. The minimum atomic E-state index is 0.650. The lowest BCUT2D eigenvalue weighted by Crippen LogP contribution is -2.09. The molecule has 230 valence electrons.